The van der Waals surface area contributed by atoms with E-state index >= 15 is 0 Å². The summed E-state index contributed by atoms with van der Waals surface area (Å²) < 4.78 is 19.1. The van der Waals surface area contributed by atoms with Gasteiger partial charge >= 0.3 is 0 Å². The molecular formula is C16H18FNO. The number of benzene rings is 2. The maximum atomic E-state index is 13.3. The third kappa shape index (κ3) is 3.25. The van der Waals surface area contributed by atoms with Crippen LogP contribution >= 0.6 is 0 Å². The molecule has 0 aliphatic carbocycles. The molecule has 0 aromatic heterocycles. The molecule has 100 valence electrons. The quantitative estimate of drug-likeness (QED) is 0.839. The normalized spacial score (nSPS) is 10.7. The van der Waals surface area contributed by atoms with E-state index in [-0.39, 0.29) is 5.69 Å². The van der Waals surface area contributed by atoms with E-state index in [0.717, 1.165) is 16.9 Å². The average Bonchev–Trinajstić information content (AvgIpc) is 2.40. The van der Waals surface area contributed by atoms with E-state index in [1.54, 1.807) is 12.1 Å². The number of rotatable bonds is 4. The molecule has 0 amide bonds. The molecule has 2 nitrogen and oxygen atoms in total. The van der Waals surface area contributed by atoms with Crippen LogP contribution in [0.15, 0.2) is 42.5 Å². The summed E-state index contributed by atoms with van der Waals surface area (Å²) >= 11 is 0. The van der Waals surface area contributed by atoms with Gasteiger partial charge in [0.25, 0.3) is 0 Å². The zero-order valence-corrected chi connectivity index (χ0v) is 11.2. The second kappa shape index (κ2) is 5.74. The number of halogens is 1. The molecule has 19 heavy (non-hydrogen) atoms. The first-order valence-corrected chi connectivity index (χ1v) is 6.33. The van der Waals surface area contributed by atoms with Gasteiger partial charge in [-0.1, -0.05) is 38.1 Å². The largest absolute Gasteiger partial charge is 0.489 e. The second-order valence-corrected chi connectivity index (χ2v) is 4.84. The smallest absolute Gasteiger partial charge is 0.146 e. The highest BCUT2D eigenvalue weighted by molar-refractivity contribution is 5.41. The zero-order chi connectivity index (χ0) is 13.8. The topological polar surface area (TPSA) is 35.2 Å². The Morgan fingerprint density at radius 1 is 1.16 bits per heavy atom. The fourth-order valence-electron chi connectivity index (χ4n) is 1.91. The van der Waals surface area contributed by atoms with E-state index in [0.29, 0.717) is 12.5 Å². The summed E-state index contributed by atoms with van der Waals surface area (Å²) in [5.74, 6) is 0.826. The maximum absolute atomic E-state index is 13.3. The molecule has 0 aliphatic rings. The number of nitrogen functional groups attached to an aromatic ring is 1. The van der Waals surface area contributed by atoms with E-state index in [4.69, 9.17) is 10.5 Å². The summed E-state index contributed by atoms with van der Waals surface area (Å²) in [5.41, 5.74) is 7.52. The summed E-state index contributed by atoms with van der Waals surface area (Å²) in [5, 5.41) is 0. The van der Waals surface area contributed by atoms with Gasteiger partial charge in [0.15, 0.2) is 0 Å². The van der Waals surface area contributed by atoms with Gasteiger partial charge in [0, 0.05) is 0 Å². The SMILES string of the molecule is CC(C)c1ccccc1OCc1ccc(N)c(F)c1. The van der Waals surface area contributed by atoms with Crippen molar-refractivity contribution in [1.82, 2.24) is 0 Å². The molecule has 0 bridgehead atoms. The molecule has 0 atom stereocenters. The van der Waals surface area contributed by atoms with Gasteiger partial charge in [0.1, 0.15) is 18.2 Å². The molecule has 2 aromatic carbocycles. The first-order chi connectivity index (χ1) is 9.08. The molecule has 3 heteroatoms. The van der Waals surface area contributed by atoms with Crippen LogP contribution in [-0.4, -0.2) is 0 Å². The van der Waals surface area contributed by atoms with Crippen molar-refractivity contribution >= 4 is 5.69 Å². The fourth-order valence-corrected chi connectivity index (χ4v) is 1.91. The van der Waals surface area contributed by atoms with Crippen LogP contribution in [0.3, 0.4) is 0 Å². The second-order valence-electron chi connectivity index (χ2n) is 4.84. The Labute approximate surface area is 113 Å². The van der Waals surface area contributed by atoms with Gasteiger partial charge < -0.3 is 10.5 Å². The van der Waals surface area contributed by atoms with Crippen molar-refractivity contribution < 1.29 is 9.13 Å². The summed E-state index contributed by atoms with van der Waals surface area (Å²) in [4.78, 5) is 0. The van der Waals surface area contributed by atoms with Crippen molar-refractivity contribution in [2.45, 2.75) is 26.4 Å². The van der Waals surface area contributed by atoms with Crippen LogP contribution < -0.4 is 10.5 Å². The molecule has 0 saturated heterocycles. The first-order valence-electron chi connectivity index (χ1n) is 6.33. The van der Waals surface area contributed by atoms with Crippen molar-refractivity contribution in [3.05, 3.63) is 59.4 Å². The van der Waals surface area contributed by atoms with Crippen molar-refractivity contribution in [2.24, 2.45) is 0 Å². The van der Waals surface area contributed by atoms with Crippen LogP contribution in [0.25, 0.3) is 0 Å². The molecule has 0 saturated carbocycles. The fraction of sp³-hybridized carbons (Fsp3) is 0.250. The highest BCUT2D eigenvalue weighted by Gasteiger charge is 2.07. The van der Waals surface area contributed by atoms with Crippen LogP contribution in [0.1, 0.15) is 30.9 Å². The number of para-hydroxylation sites is 1. The van der Waals surface area contributed by atoms with E-state index in [9.17, 15) is 4.39 Å². The molecule has 2 aromatic rings. The Balaban J connectivity index is 2.12. The lowest BCUT2D eigenvalue weighted by Crippen LogP contribution is -2.01. The number of anilines is 1. The number of ether oxygens (including phenoxy) is 1. The minimum Gasteiger partial charge on any atom is -0.489 e. The summed E-state index contributed by atoms with van der Waals surface area (Å²) in [7, 11) is 0. The predicted octanol–water partition coefficient (Wildman–Crippen LogP) is 4.11. The van der Waals surface area contributed by atoms with Crippen LogP contribution in [-0.2, 0) is 6.61 Å². The van der Waals surface area contributed by atoms with Gasteiger partial charge in [-0.05, 0) is 35.2 Å². The Morgan fingerprint density at radius 2 is 1.89 bits per heavy atom. The maximum Gasteiger partial charge on any atom is 0.146 e. The van der Waals surface area contributed by atoms with Gasteiger partial charge in [-0.3, -0.25) is 0 Å². The van der Waals surface area contributed by atoms with Crippen molar-refractivity contribution in [3.63, 3.8) is 0 Å². The minimum absolute atomic E-state index is 0.159. The summed E-state index contributed by atoms with van der Waals surface area (Å²) in [6.45, 7) is 4.57. The van der Waals surface area contributed by atoms with Crippen molar-refractivity contribution in [2.75, 3.05) is 5.73 Å². The average molecular weight is 259 g/mol. The van der Waals surface area contributed by atoms with Gasteiger partial charge in [-0.2, -0.15) is 0 Å². The van der Waals surface area contributed by atoms with E-state index < -0.39 is 5.82 Å². The molecular weight excluding hydrogens is 241 g/mol. The van der Waals surface area contributed by atoms with Crippen LogP contribution in [0.4, 0.5) is 10.1 Å². The molecule has 2 rings (SSSR count). The minimum atomic E-state index is -0.404. The molecule has 2 N–H and O–H groups in total. The number of hydrogen-bond acceptors (Lipinski definition) is 2. The van der Waals surface area contributed by atoms with Crippen LogP contribution in [0.5, 0.6) is 5.75 Å². The van der Waals surface area contributed by atoms with E-state index in [1.807, 2.05) is 24.3 Å². The van der Waals surface area contributed by atoms with Crippen molar-refractivity contribution in [3.8, 4) is 5.75 Å². The van der Waals surface area contributed by atoms with Gasteiger partial charge in [0.05, 0.1) is 5.69 Å². The third-order valence-corrected chi connectivity index (χ3v) is 3.00. The first kappa shape index (κ1) is 13.4. The van der Waals surface area contributed by atoms with E-state index in [1.165, 1.54) is 6.07 Å². The Kier molecular flexibility index (Phi) is 4.05. The Bertz CT molecular complexity index is 566. The van der Waals surface area contributed by atoms with Gasteiger partial charge in [-0.25, -0.2) is 4.39 Å². The molecule has 0 aliphatic heterocycles. The number of nitrogens with two attached hydrogens (primary N) is 1. The van der Waals surface area contributed by atoms with E-state index in [2.05, 4.69) is 13.8 Å². The van der Waals surface area contributed by atoms with Crippen LogP contribution in [0.2, 0.25) is 0 Å². The van der Waals surface area contributed by atoms with Gasteiger partial charge in [-0.15, -0.1) is 0 Å². The zero-order valence-electron chi connectivity index (χ0n) is 11.2. The highest BCUT2D eigenvalue weighted by Crippen LogP contribution is 2.26. The number of hydrogen-bond donors (Lipinski definition) is 1. The Morgan fingerprint density at radius 3 is 2.58 bits per heavy atom. The van der Waals surface area contributed by atoms with Gasteiger partial charge in [0.2, 0.25) is 0 Å². The molecule has 0 spiro atoms. The molecule has 0 unspecified atom stereocenters. The lowest BCUT2D eigenvalue weighted by Gasteiger charge is -2.14. The predicted molar refractivity (Wildman–Crippen MR) is 75.7 cm³/mol. The molecule has 0 heterocycles. The standard InChI is InChI=1S/C16H18FNO/c1-11(2)13-5-3-4-6-16(13)19-10-12-7-8-15(18)14(17)9-12/h3-9,11H,10,18H2,1-2H3. The monoisotopic (exact) mass is 259 g/mol. The highest BCUT2D eigenvalue weighted by atomic mass is 19.1. The lowest BCUT2D eigenvalue weighted by molar-refractivity contribution is 0.301. The summed E-state index contributed by atoms with van der Waals surface area (Å²) in [6.07, 6.45) is 0. The summed E-state index contributed by atoms with van der Waals surface area (Å²) in [6, 6.07) is 12.6. The molecule has 0 radical (unpaired) electrons. The third-order valence-electron chi connectivity index (χ3n) is 3.00. The van der Waals surface area contributed by atoms with Crippen LogP contribution in [0, 0.1) is 5.82 Å². The molecule has 0 fully saturated rings. The Hall–Kier alpha value is -2.03. The van der Waals surface area contributed by atoms with Crippen molar-refractivity contribution in [1.29, 1.82) is 0 Å². The lowest BCUT2D eigenvalue weighted by atomic mass is 10.0.